The summed E-state index contributed by atoms with van der Waals surface area (Å²) in [6.45, 7) is 6.17. The second kappa shape index (κ2) is 6.79. The molecule has 2 N–H and O–H groups in total. The summed E-state index contributed by atoms with van der Waals surface area (Å²) in [6, 6.07) is 14.9. The van der Waals surface area contributed by atoms with Crippen LogP contribution in [0.1, 0.15) is 24.2 Å². The fourth-order valence-electron chi connectivity index (χ4n) is 2.28. The number of nitrogens with zero attached hydrogens (tertiary/aromatic N) is 1. The number of hydrogen-bond donors (Lipinski definition) is 2. The third kappa shape index (κ3) is 3.54. The summed E-state index contributed by atoms with van der Waals surface area (Å²) >= 11 is 0. The van der Waals surface area contributed by atoms with Gasteiger partial charge < -0.3 is 15.3 Å². The van der Waals surface area contributed by atoms with E-state index >= 15 is 0 Å². The van der Waals surface area contributed by atoms with E-state index in [0.29, 0.717) is 5.69 Å². The fourth-order valence-corrected chi connectivity index (χ4v) is 2.28. The van der Waals surface area contributed by atoms with Crippen LogP contribution < -0.4 is 10.2 Å². The summed E-state index contributed by atoms with van der Waals surface area (Å²) < 4.78 is 0. The van der Waals surface area contributed by atoms with Crippen LogP contribution in [0.2, 0.25) is 0 Å². The Kier molecular flexibility index (Phi) is 4.82. The van der Waals surface area contributed by atoms with Crippen molar-refractivity contribution in [1.29, 1.82) is 0 Å². The summed E-state index contributed by atoms with van der Waals surface area (Å²) in [5.74, 6) is -0.933. The molecule has 110 valence electrons. The summed E-state index contributed by atoms with van der Waals surface area (Å²) in [4.78, 5) is 13.4. The molecule has 2 aromatic carbocycles. The van der Waals surface area contributed by atoms with E-state index in [1.54, 1.807) is 18.2 Å². The van der Waals surface area contributed by atoms with Crippen LogP contribution in [0, 0.1) is 0 Å². The van der Waals surface area contributed by atoms with Gasteiger partial charge in [-0.05, 0) is 50.2 Å². The van der Waals surface area contributed by atoms with Crippen LogP contribution in [0.4, 0.5) is 17.1 Å². The first-order chi connectivity index (χ1) is 10.2. The predicted octanol–water partition coefficient (Wildman–Crippen LogP) is 3.97. The second-order valence-corrected chi connectivity index (χ2v) is 4.69. The summed E-state index contributed by atoms with van der Waals surface area (Å²) in [5.41, 5.74) is 2.91. The highest BCUT2D eigenvalue weighted by molar-refractivity contribution is 5.95. The van der Waals surface area contributed by atoms with Crippen LogP contribution in [0.25, 0.3) is 0 Å². The number of nitrogens with one attached hydrogen (secondary N) is 1. The minimum atomic E-state index is -0.933. The first-order valence-electron chi connectivity index (χ1n) is 7.10. The Morgan fingerprint density at radius 2 is 1.67 bits per heavy atom. The largest absolute Gasteiger partial charge is 0.478 e. The molecule has 0 aliphatic heterocycles. The van der Waals surface area contributed by atoms with Crippen molar-refractivity contribution in [2.45, 2.75) is 13.8 Å². The molecule has 0 atom stereocenters. The Morgan fingerprint density at radius 1 is 1.05 bits per heavy atom. The first kappa shape index (κ1) is 14.9. The molecule has 0 unspecified atom stereocenters. The van der Waals surface area contributed by atoms with Gasteiger partial charge in [-0.1, -0.05) is 12.1 Å². The lowest BCUT2D eigenvalue weighted by Crippen LogP contribution is -2.21. The van der Waals surface area contributed by atoms with Crippen LogP contribution in [0.15, 0.2) is 48.5 Å². The van der Waals surface area contributed by atoms with Crippen LogP contribution in [0.5, 0.6) is 0 Å². The zero-order valence-electron chi connectivity index (χ0n) is 12.3. The quantitative estimate of drug-likeness (QED) is 0.842. The molecule has 21 heavy (non-hydrogen) atoms. The van der Waals surface area contributed by atoms with Crippen molar-refractivity contribution in [2.75, 3.05) is 23.3 Å². The standard InChI is InChI=1S/C17H20N2O2/c1-3-19(4-2)14-11-9-13(10-12-14)18-16-8-6-5-7-15(16)17(20)21/h5-12,18H,3-4H2,1-2H3,(H,20,21). The summed E-state index contributed by atoms with van der Waals surface area (Å²) in [7, 11) is 0. The molecule has 4 heteroatoms. The average Bonchev–Trinajstić information content (AvgIpc) is 2.50. The lowest BCUT2D eigenvalue weighted by molar-refractivity contribution is 0.0698. The van der Waals surface area contributed by atoms with Gasteiger partial charge in [0, 0.05) is 24.5 Å². The summed E-state index contributed by atoms with van der Waals surface area (Å²) in [5, 5.41) is 12.3. The van der Waals surface area contributed by atoms with Crippen molar-refractivity contribution in [3.63, 3.8) is 0 Å². The molecule has 0 amide bonds. The molecule has 0 aliphatic rings. The third-order valence-electron chi connectivity index (χ3n) is 3.43. The van der Waals surface area contributed by atoms with Crippen LogP contribution in [0.3, 0.4) is 0 Å². The molecule has 2 aromatic rings. The molecule has 2 rings (SSSR count). The predicted molar refractivity (Wildman–Crippen MR) is 86.7 cm³/mol. The monoisotopic (exact) mass is 284 g/mol. The highest BCUT2D eigenvalue weighted by atomic mass is 16.4. The number of aromatic carboxylic acids is 1. The maximum atomic E-state index is 11.2. The van der Waals surface area contributed by atoms with E-state index in [9.17, 15) is 9.90 Å². The number of carboxylic acids is 1. The number of para-hydroxylation sites is 1. The highest BCUT2D eigenvalue weighted by Crippen LogP contribution is 2.23. The zero-order valence-corrected chi connectivity index (χ0v) is 12.3. The topological polar surface area (TPSA) is 52.6 Å². The lowest BCUT2D eigenvalue weighted by atomic mass is 10.1. The van der Waals surface area contributed by atoms with E-state index in [1.165, 1.54) is 0 Å². The van der Waals surface area contributed by atoms with E-state index in [-0.39, 0.29) is 5.56 Å². The van der Waals surface area contributed by atoms with Crippen molar-refractivity contribution >= 4 is 23.0 Å². The molecule has 0 radical (unpaired) electrons. The van der Waals surface area contributed by atoms with Gasteiger partial charge >= 0.3 is 5.97 Å². The Morgan fingerprint density at radius 3 is 2.24 bits per heavy atom. The zero-order chi connectivity index (χ0) is 15.2. The molecule has 0 spiro atoms. The van der Waals surface area contributed by atoms with Gasteiger partial charge in [0.2, 0.25) is 0 Å². The Labute approximate surface area is 125 Å². The van der Waals surface area contributed by atoms with Gasteiger partial charge in [-0.15, -0.1) is 0 Å². The molecule has 0 bridgehead atoms. The highest BCUT2D eigenvalue weighted by Gasteiger charge is 2.09. The first-order valence-corrected chi connectivity index (χ1v) is 7.10. The number of benzene rings is 2. The van der Waals surface area contributed by atoms with Gasteiger partial charge in [0.15, 0.2) is 0 Å². The van der Waals surface area contributed by atoms with E-state index in [4.69, 9.17) is 0 Å². The minimum absolute atomic E-state index is 0.269. The number of carbonyl (C=O) groups is 1. The maximum Gasteiger partial charge on any atom is 0.337 e. The van der Waals surface area contributed by atoms with Gasteiger partial charge in [0.25, 0.3) is 0 Å². The second-order valence-electron chi connectivity index (χ2n) is 4.69. The average molecular weight is 284 g/mol. The Hall–Kier alpha value is -2.49. The molecular formula is C17H20N2O2. The lowest BCUT2D eigenvalue weighted by Gasteiger charge is -2.21. The molecule has 4 nitrogen and oxygen atoms in total. The van der Waals surface area contributed by atoms with E-state index < -0.39 is 5.97 Å². The number of anilines is 3. The van der Waals surface area contributed by atoms with E-state index in [0.717, 1.165) is 24.5 Å². The molecule has 0 aromatic heterocycles. The number of carboxylic acid groups (broad SMARTS) is 1. The molecule has 0 heterocycles. The van der Waals surface area contributed by atoms with E-state index in [2.05, 4.69) is 24.1 Å². The number of rotatable bonds is 6. The number of hydrogen-bond acceptors (Lipinski definition) is 3. The van der Waals surface area contributed by atoms with Crippen molar-refractivity contribution in [1.82, 2.24) is 0 Å². The minimum Gasteiger partial charge on any atom is -0.478 e. The van der Waals surface area contributed by atoms with Crippen molar-refractivity contribution in [2.24, 2.45) is 0 Å². The molecular weight excluding hydrogens is 264 g/mol. The van der Waals surface area contributed by atoms with Crippen LogP contribution >= 0.6 is 0 Å². The van der Waals surface area contributed by atoms with Gasteiger partial charge in [-0.2, -0.15) is 0 Å². The van der Waals surface area contributed by atoms with Gasteiger partial charge in [-0.25, -0.2) is 4.79 Å². The third-order valence-corrected chi connectivity index (χ3v) is 3.43. The molecule has 0 fully saturated rings. The SMILES string of the molecule is CCN(CC)c1ccc(Nc2ccccc2C(=O)O)cc1. The Balaban J connectivity index is 2.19. The maximum absolute atomic E-state index is 11.2. The van der Waals surface area contributed by atoms with Crippen molar-refractivity contribution in [3.8, 4) is 0 Å². The van der Waals surface area contributed by atoms with E-state index in [1.807, 2.05) is 30.3 Å². The van der Waals surface area contributed by atoms with Gasteiger partial charge in [0.1, 0.15) is 0 Å². The summed E-state index contributed by atoms with van der Waals surface area (Å²) in [6.07, 6.45) is 0. The normalized spacial score (nSPS) is 10.2. The molecule has 0 saturated carbocycles. The fraction of sp³-hybridized carbons (Fsp3) is 0.235. The van der Waals surface area contributed by atoms with Gasteiger partial charge in [-0.3, -0.25) is 0 Å². The van der Waals surface area contributed by atoms with Crippen molar-refractivity contribution < 1.29 is 9.90 Å². The van der Waals surface area contributed by atoms with Crippen LogP contribution in [-0.2, 0) is 0 Å². The van der Waals surface area contributed by atoms with Crippen molar-refractivity contribution in [3.05, 3.63) is 54.1 Å². The molecule has 0 aliphatic carbocycles. The smallest absolute Gasteiger partial charge is 0.337 e. The molecule has 0 saturated heterocycles. The van der Waals surface area contributed by atoms with Gasteiger partial charge in [0.05, 0.1) is 11.3 Å². The Bertz CT molecular complexity index is 604. The van der Waals surface area contributed by atoms with Crippen LogP contribution in [-0.4, -0.2) is 24.2 Å².